The van der Waals surface area contributed by atoms with E-state index in [4.69, 9.17) is 22.3 Å². The Kier molecular flexibility index (Phi) is 3.59. The molecule has 0 saturated carbocycles. The van der Waals surface area contributed by atoms with Crippen LogP contribution < -0.4 is 0 Å². The number of rotatable bonds is 3. The zero-order chi connectivity index (χ0) is 9.90. The van der Waals surface area contributed by atoms with Gasteiger partial charge in [0.05, 0.1) is 5.75 Å². The van der Waals surface area contributed by atoms with Gasteiger partial charge in [-0.3, -0.25) is 0 Å². The quantitative estimate of drug-likeness (QED) is 0.759. The molecule has 1 rings (SSSR count). The molecule has 1 aromatic rings. The van der Waals surface area contributed by atoms with E-state index in [2.05, 4.69) is 0 Å². The summed E-state index contributed by atoms with van der Waals surface area (Å²) in [7, 11) is 1.66. The average Bonchev–Trinajstić information content (AvgIpc) is 2.00. The van der Waals surface area contributed by atoms with E-state index in [9.17, 15) is 8.42 Å². The summed E-state index contributed by atoms with van der Waals surface area (Å²) in [5.74, 6) is -0.0606. The van der Waals surface area contributed by atoms with Gasteiger partial charge >= 0.3 is 0 Å². The Labute approximate surface area is 86.9 Å². The lowest BCUT2D eigenvalue weighted by atomic mass is 10.2. The van der Waals surface area contributed by atoms with Crippen LogP contribution in [0, 0.1) is 0 Å². The van der Waals surface area contributed by atoms with Gasteiger partial charge in [-0.15, -0.1) is 0 Å². The molecule has 0 saturated heterocycles. The summed E-state index contributed by atoms with van der Waals surface area (Å²) in [6.07, 6.45) is 0.395. The summed E-state index contributed by atoms with van der Waals surface area (Å²) < 4.78 is 21.2. The average molecular weight is 239 g/mol. The van der Waals surface area contributed by atoms with Gasteiger partial charge in [-0.1, -0.05) is 23.7 Å². The molecule has 13 heavy (non-hydrogen) atoms. The first kappa shape index (κ1) is 10.8. The molecule has 0 spiro atoms. The van der Waals surface area contributed by atoms with Crippen molar-refractivity contribution in [3.63, 3.8) is 0 Å². The van der Waals surface area contributed by atoms with Crippen LogP contribution in [-0.4, -0.2) is 14.2 Å². The summed E-state index contributed by atoms with van der Waals surface area (Å²) in [5.41, 5.74) is 0.872. The van der Waals surface area contributed by atoms with Gasteiger partial charge in [-0.2, -0.15) is 0 Å². The Morgan fingerprint density at radius 3 is 2.54 bits per heavy atom. The third-order valence-corrected chi connectivity index (χ3v) is 2.91. The zero-order valence-corrected chi connectivity index (χ0v) is 9.03. The van der Waals surface area contributed by atoms with Crippen molar-refractivity contribution in [2.24, 2.45) is 0 Å². The highest BCUT2D eigenvalue weighted by Gasteiger charge is 2.05. The predicted octanol–water partition coefficient (Wildman–Crippen LogP) is 2.45. The van der Waals surface area contributed by atoms with Crippen LogP contribution in [0.25, 0.3) is 0 Å². The van der Waals surface area contributed by atoms with Crippen molar-refractivity contribution >= 4 is 31.3 Å². The van der Waals surface area contributed by atoms with Crippen molar-refractivity contribution in [3.05, 3.63) is 34.9 Å². The van der Waals surface area contributed by atoms with Crippen molar-refractivity contribution in [1.29, 1.82) is 0 Å². The molecule has 0 amide bonds. The summed E-state index contributed by atoms with van der Waals surface area (Å²) in [5, 5.41) is 0.601. The van der Waals surface area contributed by atoms with Crippen molar-refractivity contribution < 1.29 is 8.42 Å². The molecule has 0 fully saturated rings. The molecule has 0 radical (unpaired) electrons. The summed E-state index contributed by atoms with van der Waals surface area (Å²) in [4.78, 5) is 0. The molecule has 0 N–H and O–H groups in total. The number of hydrogen-bond acceptors (Lipinski definition) is 2. The largest absolute Gasteiger partial charge is 0.232 e. The van der Waals surface area contributed by atoms with Crippen LogP contribution in [0.15, 0.2) is 24.3 Å². The van der Waals surface area contributed by atoms with Gasteiger partial charge in [-0.05, 0) is 24.1 Å². The van der Waals surface area contributed by atoms with Crippen LogP contribution in [0.4, 0.5) is 0 Å². The zero-order valence-electron chi connectivity index (χ0n) is 6.70. The fourth-order valence-corrected chi connectivity index (χ4v) is 1.86. The Hall–Kier alpha value is -0.250. The number of aryl methyl sites for hydroxylation is 1. The first-order valence-corrected chi connectivity index (χ1v) is 6.50. The minimum absolute atomic E-state index is 0.0606. The molecule has 0 aliphatic carbocycles. The van der Waals surface area contributed by atoms with E-state index in [0.717, 1.165) is 5.56 Å². The second kappa shape index (κ2) is 4.31. The van der Waals surface area contributed by atoms with Crippen LogP contribution in [0.2, 0.25) is 5.02 Å². The van der Waals surface area contributed by atoms with E-state index in [1.165, 1.54) is 0 Å². The fourth-order valence-electron chi connectivity index (χ4n) is 0.932. The second-order valence-corrected chi connectivity index (χ2v) is 5.96. The second-order valence-electron chi connectivity index (χ2n) is 2.62. The number of benzene rings is 1. The maximum absolute atomic E-state index is 10.6. The number of hydrogen-bond donors (Lipinski definition) is 0. The topological polar surface area (TPSA) is 34.1 Å². The Morgan fingerprint density at radius 2 is 2.00 bits per heavy atom. The van der Waals surface area contributed by atoms with Gasteiger partial charge in [-0.25, -0.2) is 8.42 Å². The predicted molar refractivity (Wildman–Crippen MR) is 54.8 cm³/mol. The molecule has 72 valence electrons. The van der Waals surface area contributed by atoms with Gasteiger partial charge in [0.15, 0.2) is 0 Å². The Balaban J connectivity index is 2.65. The monoisotopic (exact) mass is 238 g/mol. The van der Waals surface area contributed by atoms with Crippen LogP contribution in [0.1, 0.15) is 5.56 Å². The van der Waals surface area contributed by atoms with Crippen molar-refractivity contribution in [2.75, 3.05) is 5.75 Å². The maximum Gasteiger partial charge on any atom is 0.232 e. The van der Waals surface area contributed by atoms with E-state index in [1.807, 2.05) is 6.07 Å². The molecule has 1 aromatic carbocycles. The van der Waals surface area contributed by atoms with Crippen LogP contribution in [-0.2, 0) is 15.5 Å². The van der Waals surface area contributed by atoms with Gasteiger partial charge < -0.3 is 0 Å². The highest BCUT2D eigenvalue weighted by Crippen LogP contribution is 2.12. The molecule has 0 aliphatic heterocycles. The normalized spacial score (nSPS) is 11.5. The summed E-state index contributed by atoms with van der Waals surface area (Å²) in [6.45, 7) is 0. The standard InChI is InChI=1S/C8H8Cl2O2S/c9-8-3-1-2-7(6-8)4-5-13(10,11)12/h1-3,6H,4-5H2. The molecule has 0 atom stereocenters. The van der Waals surface area contributed by atoms with Gasteiger partial charge in [0.25, 0.3) is 0 Å². The molecule has 0 aliphatic rings. The highest BCUT2D eigenvalue weighted by molar-refractivity contribution is 8.13. The minimum Gasteiger partial charge on any atom is -0.212 e. The SMILES string of the molecule is O=S(=O)(Cl)CCc1cccc(Cl)c1. The first-order chi connectivity index (χ1) is 5.97. The molecule has 0 heterocycles. The fraction of sp³-hybridized carbons (Fsp3) is 0.250. The Bertz CT molecular complexity index is 387. The molecule has 5 heteroatoms. The van der Waals surface area contributed by atoms with Crippen LogP contribution in [0.5, 0.6) is 0 Å². The van der Waals surface area contributed by atoms with Crippen LogP contribution >= 0.6 is 22.3 Å². The summed E-state index contributed by atoms with van der Waals surface area (Å²) in [6, 6.07) is 7.05. The minimum atomic E-state index is -3.41. The lowest BCUT2D eigenvalue weighted by Gasteiger charge is -1.98. The van der Waals surface area contributed by atoms with Gasteiger partial charge in [0.1, 0.15) is 0 Å². The third-order valence-electron chi connectivity index (χ3n) is 1.52. The Morgan fingerprint density at radius 1 is 1.31 bits per heavy atom. The lowest BCUT2D eigenvalue weighted by molar-refractivity contribution is 0.609. The van der Waals surface area contributed by atoms with E-state index in [-0.39, 0.29) is 5.75 Å². The lowest BCUT2D eigenvalue weighted by Crippen LogP contribution is -2.00. The summed E-state index contributed by atoms with van der Waals surface area (Å²) >= 11 is 5.71. The van der Waals surface area contributed by atoms with E-state index in [0.29, 0.717) is 11.4 Å². The van der Waals surface area contributed by atoms with Crippen molar-refractivity contribution in [1.82, 2.24) is 0 Å². The molecule has 0 aromatic heterocycles. The number of halogens is 2. The molecule has 0 unspecified atom stereocenters. The van der Waals surface area contributed by atoms with E-state index >= 15 is 0 Å². The molecular formula is C8H8Cl2O2S. The van der Waals surface area contributed by atoms with Gasteiger partial charge in [0, 0.05) is 15.7 Å². The molecule has 0 bridgehead atoms. The van der Waals surface area contributed by atoms with Crippen molar-refractivity contribution in [2.45, 2.75) is 6.42 Å². The van der Waals surface area contributed by atoms with Crippen molar-refractivity contribution in [3.8, 4) is 0 Å². The maximum atomic E-state index is 10.6. The van der Waals surface area contributed by atoms with Gasteiger partial charge in [0.2, 0.25) is 9.05 Å². The van der Waals surface area contributed by atoms with E-state index < -0.39 is 9.05 Å². The smallest absolute Gasteiger partial charge is 0.212 e. The molecule has 2 nitrogen and oxygen atoms in total. The third kappa shape index (κ3) is 4.50. The molecular weight excluding hydrogens is 231 g/mol. The van der Waals surface area contributed by atoms with Crippen LogP contribution in [0.3, 0.4) is 0 Å². The highest BCUT2D eigenvalue weighted by atomic mass is 35.7. The first-order valence-electron chi connectivity index (χ1n) is 3.64. The van der Waals surface area contributed by atoms with E-state index in [1.54, 1.807) is 18.2 Å².